The van der Waals surface area contributed by atoms with Crippen LogP contribution in [0.3, 0.4) is 0 Å². The maximum Gasteiger partial charge on any atom is 0.146 e. The topological polar surface area (TPSA) is 29.4 Å². The summed E-state index contributed by atoms with van der Waals surface area (Å²) in [7, 11) is 0. The predicted molar refractivity (Wildman–Crippen MR) is 51.2 cm³/mol. The molecule has 0 aromatic heterocycles. The average Bonchev–Trinajstić information content (AvgIpc) is 2.18. The molecule has 1 unspecified atom stereocenters. The Morgan fingerprint density at radius 3 is 3.00 bits per heavy atom. The van der Waals surface area contributed by atoms with Crippen molar-refractivity contribution in [1.29, 1.82) is 0 Å². The lowest BCUT2D eigenvalue weighted by atomic mass is 10.1. The molecule has 0 spiro atoms. The van der Waals surface area contributed by atoms with Crippen LogP contribution in [0.5, 0.6) is 0 Å². The minimum atomic E-state index is -0.936. The highest BCUT2D eigenvalue weighted by molar-refractivity contribution is 6.36. The van der Waals surface area contributed by atoms with Crippen LogP contribution in [0.2, 0.25) is 0 Å². The van der Waals surface area contributed by atoms with Gasteiger partial charge in [0.1, 0.15) is 11.2 Å². The molecule has 2 nitrogen and oxygen atoms in total. The molecule has 1 aromatic carbocycles. The summed E-state index contributed by atoms with van der Waals surface area (Å²) in [6, 6.07) is 7.63. The minimum absolute atomic E-state index is 0.328. The third-order valence-electron chi connectivity index (χ3n) is 2.02. The largest absolute Gasteiger partial charge is 0.301 e. The van der Waals surface area contributed by atoms with E-state index in [1.807, 2.05) is 24.3 Å². The average molecular weight is 194 g/mol. The summed E-state index contributed by atoms with van der Waals surface area (Å²) < 4.78 is 0. The number of alkyl halides is 1. The molecule has 0 aliphatic carbocycles. The molecule has 13 heavy (non-hydrogen) atoms. The molecule has 0 N–H and O–H groups in total. The second-order valence-electron chi connectivity index (χ2n) is 3.06. The van der Waals surface area contributed by atoms with Crippen LogP contribution in [0.1, 0.15) is 0 Å². The van der Waals surface area contributed by atoms with E-state index in [4.69, 9.17) is 11.6 Å². The Morgan fingerprint density at radius 1 is 1.46 bits per heavy atom. The van der Waals surface area contributed by atoms with Crippen molar-refractivity contribution in [3.63, 3.8) is 0 Å². The van der Waals surface area contributed by atoms with Crippen LogP contribution in [0.15, 0.2) is 29.3 Å². The van der Waals surface area contributed by atoms with Gasteiger partial charge in [-0.1, -0.05) is 18.2 Å². The SMILES string of the molecule is O=CC1(Cl)C=c2ccccc2=NC1. The number of hydrogen-bond donors (Lipinski definition) is 0. The fourth-order valence-electron chi connectivity index (χ4n) is 1.34. The number of benzene rings is 1. The van der Waals surface area contributed by atoms with Gasteiger partial charge in [0.2, 0.25) is 0 Å². The smallest absolute Gasteiger partial charge is 0.146 e. The lowest BCUT2D eigenvalue weighted by Gasteiger charge is -2.15. The number of carbonyl (C=O) groups is 1. The first-order valence-electron chi connectivity index (χ1n) is 4.01. The molecular weight excluding hydrogens is 186 g/mol. The number of nitrogens with zero attached hydrogens (tertiary/aromatic N) is 1. The highest BCUT2D eigenvalue weighted by Gasteiger charge is 2.24. The maximum absolute atomic E-state index is 10.7. The molecular formula is C10H8ClNO. The van der Waals surface area contributed by atoms with Gasteiger partial charge in [-0.05, 0) is 17.4 Å². The van der Waals surface area contributed by atoms with Gasteiger partial charge in [0.25, 0.3) is 0 Å². The summed E-state index contributed by atoms with van der Waals surface area (Å²) in [5.74, 6) is 0. The van der Waals surface area contributed by atoms with E-state index in [9.17, 15) is 4.79 Å². The number of para-hydroxylation sites is 1. The highest BCUT2D eigenvalue weighted by Crippen LogP contribution is 2.15. The minimum Gasteiger partial charge on any atom is -0.301 e. The second kappa shape index (κ2) is 2.96. The molecule has 1 heterocycles. The Bertz CT molecular complexity index is 454. The van der Waals surface area contributed by atoms with E-state index < -0.39 is 4.87 Å². The zero-order valence-electron chi connectivity index (χ0n) is 6.90. The summed E-state index contributed by atoms with van der Waals surface area (Å²) in [5.41, 5.74) is 0. The summed E-state index contributed by atoms with van der Waals surface area (Å²) >= 11 is 5.97. The number of rotatable bonds is 1. The quantitative estimate of drug-likeness (QED) is 0.465. The van der Waals surface area contributed by atoms with Crippen LogP contribution >= 0.6 is 11.6 Å². The van der Waals surface area contributed by atoms with Gasteiger partial charge in [0.05, 0.1) is 11.9 Å². The number of halogens is 1. The molecule has 3 heteroatoms. The van der Waals surface area contributed by atoms with Crippen LogP contribution < -0.4 is 10.6 Å². The molecule has 0 radical (unpaired) electrons. The second-order valence-corrected chi connectivity index (χ2v) is 3.77. The summed E-state index contributed by atoms with van der Waals surface area (Å²) in [6.07, 6.45) is 2.48. The van der Waals surface area contributed by atoms with Crippen molar-refractivity contribution in [2.75, 3.05) is 6.54 Å². The molecule has 1 aromatic rings. The Balaban J connectivity index is 2.68. The standard InChI is InChI=1S/C10H8ClNO/c11-10(7-13)5-8-3-1-2-4-9(8)12-6-10/h1-5,7H,6H2. The third-order valence-corrected chi connectivity index (χ3v) is 2.34. The number of hydrogen-bond acceptors (Lipinski definition) is 2. The summed E-state index contributed by atoms with van der Waals surface area (Å²) in [4.78, 5) is 14.0. The van der Waals surface area contributed by atoms with Crippen LogP contribution in [0.25, 0.3) is 6.08 Å². The van der Waals surface area contributed by atoms with Crippen LogP contribution in [-0.4, -0.2) is 17.7 Å². The summed E-state index contributed by atoms with van der Waals surface area (Å²) in [6.45, 7) is 0.328. The highest BCUT2D eigenvalue weighted by atomic mass is 35.5. The van der Waals surface area contributed by atoms with Crippen molar-refractivity contribution < 1.29 is 4.79 Å². The molecule has 66 valence electrons. The van der Waals surface area contributed by atoms with Crippen LogP contribution in [0.4, 0.5) is 0 Å². The first kappa shape index (κ1) is 8.45. The van der Waals surface area contributed by atoms with Gasteiger partial charge < -0.3 is 4.79 Å². The Labute approximate surface area is 80.6 Å². The van der Waals surface area contributed by atoms with Crippen molar-refractivity contribution in [2.45, 2.75) is 4.87 Å². The normalized spacial score (nSPS) is 25.3. The molecule has 1 aliphatic heterocycles. The molecule has 0 fully saturated rings. The van der Waals surface area contributed by atoms with Crippen LogP contribution in [-0.2, 0) is 4.79 Å². The molecule has 1 aliphatic rings. The zero-order chi connectivity index (χ0) is 9.31. The third kappa shape index (κ3) is 1.49. The van der Waals surface area contributed by atoms with E-state index >= 15 is 0 Å². The Morgan fingerprint density at radius 2 is 2.23 bits per heavy atom. The van der Waals surface area contributed by atoms with Crippen molar-refractivity contribution >= 4 is 24.0 Å². The van der Waals surface area contributed by atoms with Crippen molar-refractivity contribution in [3.8, 4) is 0 Å². The number of fused-ring (bicyclic) bond motifs is 1. The van der Waals surface area contributed by atoms with Gasteiger partial charge in [-0.15, -0.1) is 11.6 Å². The number of carbonyl (C=O) groups excluding carboxylic acids is 1. The zero-order valence-corrected chi connectivity index (χ0v) is 7.66. The lowest BCUT2D eigenvalue weighted by Crippen LogP contribution is -2.38. The van der Waals surface area contributed by atoms with Crippen molar-refractivity contribution in [2.24, 2.45) is 4.99 Å². The predicted octanol–water partition coefficient (Wildman–Crippen LogP) is 0.277. The van der Waals surface area contributed by atoms with E-state index in [1.165, 1.54) is 0 Å². The van der Waals surface area contributed by atoms with Gasteiger partial charge in [0, 0.05) is 0 Å². The molecule has 0 saturated heterocycles. The fourth-order valence-corrected chi connectivity index (χ4v) is 1.51. The lowest BCUT2D eigenvalue weighted by molar-refractivity contribution is -0.108. The first-order chi connectivity index (χ1) is 6.23. The van der Waals surface area contributed by atoms with E-state index in [0.717, 1.165) is 16.9 Å². The fraction of sp³-hybridized carbons (Fsp3) is 0.200. The monoisotopic (exact) mass is 193 g/mol. The number of aldehydes is 1. The van der Waals surface area contributed by atoms with Gasteiger partial charge in [-0.2, -0.15) is 0 Å². The van der Waals surface area contributed by atoms with E-state index in [2.05, 4.69) is 4.99 Å². The molecule has 0 saturated carbocycles. The van der Waals surface area contributed by atoms with E-state index in [1.54, 1.807) is 6.08 Å². The Hall–Kier alpha value is -1.15. The molecule has 2 rings (SSSR count). The molecule has 0 bridgehead atoms. The molecule has 0 amide bonds. The van der Waals surface area contributed by atoms with Gasteiger partial charge in [-0.25, -0.2) is 0 Å². The molecule has 1 atom stereocenters. The maximum atomic E-state index is 10.7. The summed E-state index contributed by atoms with van der Waals surface area (Å²) in [5, 5.41) is 1.83. The van der Waals surface area contributed by atoms with Gasteiger partial charge in [0.15, 0.2) is 0 Å². The van der Waals surface area contributed by atoms with Crippen molar-refractivity contribution in [3.05, 3.63) is 34.8 Å². The Kier molecular flexibility index (Phi) is 1.93. The van der Waals surface area contributed by atoms with Crippen molar-refractivity contribution in [1.82, 2.24) is 0 Å². The van der Waals surface area contributed by atoms with Gasteiger partial charge >= 0.3 is 0 Å². The first-order valence-corrected chi connectivity index (χ1v) is 4.39. The van der Waals surface area contributed by atoms with E-state index in [-0.39, 0.29) is 0 Å². The van der Waals surface area contributed by atoms with Gasteiger partial charge in [-0.3, -0.25) is 4.99 Å². The van der Waals surface area contributed by atoms with Crippen LogP contribution in [0, 0.1) is 0 Å². The van der Waals surface area contributed by atoms with E-state index in [0.29, 0.717) is 6.54 Å².